The SMILES string of the molecule is CC(NC(=O)c1sc2cc(F)ccc2c1Cl)c1ccccc1F. The molecular formula is C17H12ClF2NOS. The zero-order valence-corrected chi connectivity index (χ0v) is 13.6. The highest BCUT2D eigenvalue weighted by molar-refractivity contribution is 7.21. The summed E-state index contributed by atoms with van der Waals surface area (Å²) in [5.41, 5.74) is 0.393. The molecule has 3 aromatic rings. The van der Waals surface area contributed by atoms with E-state index in [2.05, 4.69) is 5.32 Å². The van der Waals surface area contributed by atoms with Crippen LogP contribution in [0.2, 0.25) is 5.02 Å². The third kappa shape index (κ3) is 3.07. The van der Waals surface area contributed by atoms with Gasteiger partial charge in [0.2, 0.25) is 0 Å². The highest BCUT2D eigenvalue weighted by Crippen LogP contribution is 2.36. The Balaban J connectivity index is 1.89. The Morgan fingerprint density at radius 2 is 1.96 bits per heavy atom. The fourth-order valence-electron chi connectivity index (χ4n) is 2.35. The van der Waals surface area contributed by atoms with Gasteiger partial charge in [0.25, 0.3) is 5.91 Å². The number of hydrogen-bond acceptors (Lipinski definition) is 2. The van der Waals surface area contributed by atoms with Crippen LogP contribution < -0.4 is 5.32 Å². The first-order chi connectivity index (χ1) is 11.0. The Bertz CT molecular complexity index is 893. The summed E-state index contributed by atoms with van der Waals surface area (Å²) in [7, 11) is 0. The zero-order valence-electron chi connectivity index (χ0n) is 12.1. The third-order valence-corrected chi connectivity index (χ3v) is 5.17. The van der Waals surface area contributed by atoms with Gasteiger partial charge in [-0.2, -0.15) is 0 Å². The van der Waals surface area contributed by atoms with Crippen molar-refractivity contribution < 1.29 is 13.6 Å². The molecule has 0 aliphatic heterocycles. The van der Waals surface area contributed by atoms with Gasteiger partial charge in [-0.3, -0.25) is 4.79 Å². The number of thiophene rings is 1. The van der Waals surface area contributed by atoms with Gasteiger partial charge in [0.1, 0.15) is 16.5 Å². The predicted molar refractivity (Wildman–Crippen MR) is 89.1 cm³/mol. The number of benzene rings is 2. The maximum Gasteiger partial charge on any atom is 0.263 e. The van der Waals surface area contributed by atoms with Gasteiger partial charge in [0.15, 0.2) is 0 Å². The lowest BCUT2D eigenvalue weighted by Gasteiger charge is -2.14. The predicted octanol–water partition coefficient (Wildman–Crippen LogP) is 5.32. The van der Waals surface area contributed by atoms with E-state index in [1.54, 1.807) is 31.2 Å². The Kier molecular flexibility index (Phi) is 4.33. The Hall–Kier alpha value is -1.98. The topological polar surface area (TPSA) is 29.1 Å². The monoisotopic (exact) mass is 351 g/mol. The summed E-state index contributed by atoms with van der Waals surface area (Å²) < 4.78 is 27.6. The van der Waals surface area contributed by atoms with Crippen molar-refractivity contribution in [3.05, 3.63) is 69.6 Å². The standard InChI is InChI=1S/C17H12ClF2NOS/c1-9(11-4-2-3-5-13(11)20)21-17(22)16-15(18)12-7-6-10(19)8-14(12)23-16/h2-9H,1H3,(H,21,22). The molecule has 6 heteroatoms. The Morgan fingerprint density at radius 3 is 2.70 bits per heavy atom. The summed E-state index contributed by atoms with van der Waals surface area (Å²) in [6.45, 7) is 1.69. The van der Waals surface area contributed by atoms with Crippen LogP contribution in [0.15, 0.2) is 42.5 Å². The molecular weight excluding hydrogens is 340 g/mol. The second kappa shape index (κ2) is 6.26. The van der Waals surface area contributed by atoms with E-state index < -0.39 is 11.9 Å². The molecule has 0 bridgehead atoms. The summed E-state index contributed by atoms with van der Waals surface area (Å²) in [6, 6.07) is 9.91. The molecule has 0 aliphatic carbocycles. The molecule has 0 aliphatic rings. The molecule has 1 heterocycles. The quantitative estimate of drug-likeness (QED) is 0.679. The van der Waals surface area contributed by atoms with Crippen LogP contribution in [0, 0.1) is 11.6 Å². The van der Waals surface area contributed by atoms with Crippen molar-refractivity contribution in [2.45, 2.75) is 13.0 Å². The van der Waals surface area contributed by atoms with E-state index in [9.17, 15) is 13.6 Å². The van der Waals surface area contributed by atoms with Gasteiger partial charge in [0.05, 0.1) is 11.1 Å². The summed E-state index contributed by atoms with van der Waals surface area (Å²) in [6.07, 6.45) is 0. The molecule has 0 fully saturated rings. The molecule has 0 radical (unpaired) electrons. The van der Waals surface area contributed by atoms with Crippen molar-refractivity contribution in [1.29, 1.82) is 0 Å². The lowest BCUT2D eigenvalue weighted by Crippen LogP contribution is -2.26. The van der Waals surface area contributed by atoms with Crippen LogP contribution in [0.25, 0.3) is 10.1 Å². The number of hydrogen-bond donors (Lipinski definition) is 1. The third-order valence-electron chi connectivity index (χ3n) is 3.52. The van der Waals surface area contributed by atoms with Crippen LogP contribution in [-0.2, 0) is 0 Å². The molecule has 23 heavy (non-hydrogen) atoms. The van der Waals surface area contributed by atoms with Gasteiger partial charge in [-0.1, -0.05) is 29.8 Å². The maximum atomic E-state index is 13.8. The largest absolute Gasteiger partial charge is 0.345 e. The average Bonchev–Trinajstić information content (AvgIpc) is 2.84. The van der Waals surface area contributed by atoms with Gasteiger partial charge in [-0.15, -0.1) is 11.3 Å². The van der Waals surface area contributed by atoms with Crippen molar-refractivity contribution >= 4 is 38.9 Å². The van der Waals surface area contributed by atoms with Gasteiger partial charge < -0.3 is 5.32 Å². The highest BCUT2D eigenvalue weighted by atomic mass is 35.5. The van der Waals surface area contributed by atoms with Crippen molar-refractivity contribution in [3.63, 3.8) is 0 Å². The normalized spacial score (nSPS) is 12.3. The number of amides is 1. The molecule has 2 nitrogen and oxygen atoms in total. The smallest absolute Gasteiger partial charge is 0.263 e. The van der Waals surface area contributed by atoms with Gasteiger partial charge in [0, 0.05) is 15.6 Å². The van der Waals surface area contributed by atoms with Crippen molar-refractivity contribution in [2.24, 2.45) is 0 Å². The van der Waals surface area contributed by atoms with Crippen molar-refractivity contribution in [2.75, 3.05) is 0 Å². The summed E-state index contributed by atoms with van der Waals surface area (Å²) >= 11 is 7.33. The zero-order chi connectivity index (χ0) is 16.6. The van der Waals surface area contributed by atoms with Crippen LogP contribution in [-0.4, -0.2) is 5.91 Å². The first-order valence-electron chi connectivity index (χ1n) is 6.90. The average molecular weight is 352 g/mol. The number of nitrogens with one attached hydrogen (secondary N) is 1. The molecule has 0 spiro atoms. The van der Waals surface area contributed by atoms with E-state index in [4.69, 9.17) is 11.6 Å². The van der Waals surface area contributed by atoms with Crippen molar-refractivity contribution in [3.8, 4) is 0 Å². The van der Waals surface area contributed by atoms with Crippen LogP contribution in [0.3, 0.4) is 0 Å². The van der Waals surface area contributed by atoms with Crippen LogP contribution >= 0.6 is 22.9 Å². The van der Waals surface area contributed by atoms with E-state index in [1.165, 1.54) is 18.2 Å². The minimum absolute atomic E-state index is 0.281. The molecule has 0 saturated heterocycles. The number of rotatable bonds is 3. The second-order valence-electron chi connectivity index (χ2n) is 5.10. The molecule has 0 saturated carbocycles. The van der Waals surface area contributed by atoms with E-state index in [0.29, 0.717) is 15.6 Å². The fraction of sp³-hybridized carbons (Fsp3) is 0.118. The molecule has 2 aromatic carbocycles. The Morgan fingerprint density at radius 1 is 1.22 bits per heavy atom. The summed E-state index contributed by atoms with van der Waals surface area (Å²) in [4.78, 5) is 12.7. The molecule has 3 rings (SSSR count). The van der Waals surface area contributed by atoms with E-state index in [0.717, 1.165) is 11.3 Å². The lowest BCUT2D eigenvalue weighted by atomic mass is 10.1. The van der Waals surface area contributed by atoms with E-state index >= 15 is 0 Å². The number of carbonyl (C=O) groups excluding carboxylic acids is 1. The first-order valence-corrected chi connectivity index (χ1v) is 8.09. The first kappa shape index (κ1) is 15.9. The number of fused-ring (bicyclic) bond motifs is 1. The molecule has 118 valence electrons. The van der Waals surface area contributed by atoms with Crippen LogP contribution in [0.5, 0.6) is 0 Å². The second-order valence-corrected chi connectivity index (χ2v) is 6.53. The van der Waals surface area contributed by atoms with Crippen LogP contribution in [0.1, 0.15) is 28.2 Å². The van der Waals surface area contributed by atoms with E-state index in [1.807, 2.05) is 0 Å². The number of carbonyl (C=O) groups is 1. The maximum absolute atomic E-state index is 13.8. The molecule has 1 amide bonds. The molecule has 1 N–H and O–H groups in total. The molecule has 1 aromatic heterocycles. The summed E-state index contributed by atoms with van der Waals surface area (Å²) in [5, 5.41) is 3.63. The van der Waals surface area contributed by atoms with Crippen molar-refractivity contribution in [1.82, 2.24) is 5.32 Å². The lowest BCUT2D eigenvalue weighted by molar-refractivity contribution is 0.0943. The minimum Gasteiger partial charge on any atom is -0.345 e. The van der Waals surface area contributed by atoms with E-state index in [-0.39, 0.29) is 21.5 Å². The molecule has 1 unspecified atom stereocenters. The molecule has 1 atom stereocenters. The summed E-state index contributed by atoms with van der Waals surface area (Å²) in [5.74, 6) is -1.18. The van der Waals surface area contributed by atoms with Gasteiger partial charge >= 0.3 is 0 Å². The fourth-order valence-corrected chi connectivity index (χ4v) is 3.80. The van der Waals surface area contributed by atoms with Crippen LogP contribution in [0.4, 0.5) is 8.78 Å². The Labute approximate surface area is 140 Å². The number of halogens is 3. The van der Waals surface area contributed by atoms with Gasteiger partial charge in [-0.25, -0.2) is 8.78 Å². The highest BCUT2D eigenvalue weighted by Gasteiger charge is 2.20. The minimum atomic E-state index is -0.512. The van der Waals surface area contributed by atoms with Gasteiger partial charge in [-0.05, 0) is 31.2 Å².